The van der Waals surface area contributed by atoms with Crippen molar-refractivity contribution in [1.29, 1.82) is 0 Å². The van der Waals surface area contributed by atoms with Crippen molar-refractivity contribution in [2.24, 2.45) is 0 Å². The maximum atomic E-state index is 12.4. The summed E-state index contributed by atoms with van der Waals surface area (Å²) in [5, 5.41) is 9.13. The second kappa shape index (κ2) is 5.40. The van der Waals surface area contributed by atoms with Crippen LogP contribution in [0.2, 0.25) is 0 Å². The van der Waals surface area contributed by atoms with E-state index in [2.05, 4.69) is 11.8 Å². The molecule has 102 valence electrons. The fourth-order valence-electron chi connectivity index (χ4n) is 2.26. The molecular formula is C14H18N2O3. The van der Waals surface area contributed by atoms with Crippen molar-refractivity contribution in [3.63, 3.8) is 0 Å². The first-order chi connectivity index (χ1) is 9.00. The number of benzene rings is 1. The van der Waals surface area contributed by atoms with Crippen molar-refractivity contribution in [3.05, 3.63) is 35.4 Å². The lowest BCUT2D eigenvalue weighted by Gasteiger charge is -2.37. The molecule has 1 aromatic rings. The first-order valence-corrected chi connectivity index (χ1v) is 6.32. The monoisotopic (exact) mass is 262 g/mol. The minimum absolute atomic E-state index is 0.0686. The molecule has 1 heterocycles. The van der Waals surface area contributed by atoms with Crippen LogP contribution in [0.1, 0.15) is 27.6 Å². The average Bonchev–Trinajstić information content (AvgIpc) is 2.41. The summed E-state index contributed by atoms with van der Waals surface area (Å²) >= 11 is 0. The molecule has 1 unspecified atom stereocenters. The highest BCUT2D eigenvalue weighted by molar-refractivity contribution is 6.04. The highest BCUT2D eigenvalue weighted by Gasteiger charge is 2.27. The molecule has 1 N–H and O–H groups in total. The van der Waals surface area contributed by atoms with Gasteiger partial charge in [0.15, 0.2) is 0 Å². The fraction of sp³-hybridized carbons (Fsp3) is 0.429. The molecule has 0 aromatic heterocycles. The van der Waals surface area contributed by atoms with Crippen LogP contribution in [0.4, 0.5) is 0 Å². The normalized spacial score (nSPS) is 20.3. The molecule has 0 saturated carbocycles. The Hall–Kier alpha value is -1.88. The molecule has 0 radical (unpaired) electrons. The van der Waals surface area contributed by atoms with E-state index in [-0.39, 0.29) is 23.1 Å². The quantitative estimate of drug-likeness (QED) is 0.869. The summed E-state index contributed by atoms with van der Waals surface area (Å²) in [6.07, 6.45) is 0. The van der Waals surface area contributed by atoms with Crippen molar-refractivity contribution in [2.75, 3.05) is 26.7 Å². The van der Waals surface area contributed by atoms with Gasteiger partial charge in [0.2, 0.25) is 0 Å². The van der Waals surface area contributed by atoms with Crippen LogP contribution in [0.3, 0.4) is 0 Å². The Kier molecular flexibility index (Phi) is 3.85. The van der Waals surface area contributed by atoms with E-state index >= 15 is 0 Å². The molecule has 0 bridgehead atoms. The number of hydrogen-bond donors (Lipinski definition) is 1. The van der Waals surface area contributed by atoms with E-state index in [1.54, 1.807) is 23.1 Å². The number of rotatable bonds is 2. The summed E-state index contributed by atoms with van der Waals surface area (Å²) in [5.74, 6) is -1.26. The van der Waals surface area contributed by atoms with Crippen LogP contribution in [0.5, 0.6) is 0 Å². The van der Waals surface area contributed by atoms with Gasteiger partial charge in [-0.1, -0.05) is 12.1 Å². The van der Waals surface area contributed by atoms with E-state index < -0.39 is 5.97 Å². The van der Waals surface area contributed by atoms with Crippen molar-refractivity contribution in [2.45, 2.75) is 13.0 Å². The molecule has 19 heavy (non-hydrogen) atoms. The van der Waals surface area contributed by atoms with E-state index in [1.807, 2.05) is 7.05 Å². The SMILES string of the molecule is CC1CN(C(=O)c2ccccc2C(=O)O)CCN1C. The molecule has 1 aromatic carbocycles. The van der Waals surface area contributed by atoms with Gasteiger partial charge in [-0.15, -0.1) is 0 Å². The third-order valence-electron chi connectivity index (χ3n) is 3.63. The van der Waals surface area contributed by atoms with Gasteiger partial charge < -0.3 is 14.9 Å². The molecule has 1 atom stereocenters. The molecule has 5 heteroatoms. The number of hydrogen-bond acceptors (Lipinski definition) is 3. The van der Waals surface area contributed by atoms with Gasteiger partial charge in [0.05, 0.1) is 11.1 Å². The topological polar surface area (TPSA) is 60.9 Å². The van der Waals surface area contributed by atoms with Crippen LogP contribution < -0.4 is 0 Å². The highest BCUT2D eigenvalue weighted by Crippen LogP contribution is 2.15. The summed E-state index contributed by atoms with van der Waals surface area (Å²) in [6, 6.07) is 6.66. The summed E-state index contributed by atoms with van der Waals surface area (Å²) in [4.78, 5) is 27.5. The van der Waals surface area contributed by atoms with Crippen LogP contribution in [0.15, 0.2) is 24.3 Å². The zero-order chi connectivity index (χ0) is 14.0. The molecule has 2 rings (SSSR count). The smallest absolute Gasteiger partial charge is 0.336 e. The Morgan fingerprint density at radius 3 is 2.42 bits per heavy atom. The van der Waals surface area contributed by atoms with E-state index in [1.165, 1.54) is 6.07 Å². The van der Waals surface area contributed by atoms with Gasteiger partial charge >= 0.3 is 5.97 Å². The van der Waals surface area contributed by atoms with Gasteiger partial charge in [0.1, 0.15) is 0 Å². The van der Waals surface area contributed by atoms with Gasteiger partial charge in [0.25, 0.3) is 5.91 Å². The Balaban J connectivity index is 2.23. The molecule has 0 spiro atoms. The van der Waals surface area contributed by atoms with Gasteiger partial charge in [-0.3, -0.25) is 4.79 Å². The lowest BCUT2D eigenvalue weighted by molar-refractivity contribution is 0.0560. The number of carboxylic acid groups (broad SMARTS) is 1. The average molecular weight is 262 g/mol. The third kappa shape index (κ3) is 2.76. The zero-order valence-electron chi connectivity index (χ0n) is 11.2. The maximum Gasteiger partial charge on any atom is 0.336 e. The second-order valence-corrected chi connectivity index (χ2v) is 4.93. The number of likely N-dealkylation sites (N-methyl/N-ethyl adjacent to an activating group) is 1. The zero-order valence-corrected chi connectivity index (χ0v) is 11.2. The predicted molar refractivity (Wildman–Crippen MR) is 71.4 cm³/mol. The first-order valence-electron chi connectivity index (χ1n) is 6.32. The summed E-state index contributed by atoms with van der Waals surface area (Å²) in [5.41, 5.74) is 0.339. The molecule has 1 saturated heterocycles. The molecule has 0 aliphatic carbocycles. The molecule has 1 aliphatic heterocycles. The number of aromatic carboxylic acids is 1. The van der Waals surface area contributed by atoms with Gasteiger partial charge in [-0.05, 0) is 26.1 Å². The predicted octanol–water partition coefficient (Wildman–Crippen LogP) is 1.16. The number of carbonyl (C=O) groups excluding carboxylic acids is 1. The number of carbonyl (C=O) groups is 2. The number of amides is 1. The Bertz CT molecular complexity index is 501. The van der Waals surface area contributed by atoms with Crippen molar-refractivity contribution in [1.82, 2.24) is 9.80 Å². The Morgan fingerprint density at radius 2 is 1.84 bits per heavy atom. The maximum absolute atomic E-state index is 12.4. The fourth-order valence-corrected chi connectivity index (χ4v) is 2.26. The molecule has 5 nitrogen and oxygen atoms in total. The number of nitrogens with zero attached hydrogens (tertiary/aromatic N) is 2. The van der Waals surface area contributed by atoms with Gasteiger partial charge in [-0.25, -0.2) is 4.79 Å². The lowest BCUT2D eigenvalue weighted by atomic mass is 10.1. The van der Waals surface area contributed by atoms with Crippen LogP contribution in [0, 0.1) is 0 Å². The molecule has 1 amide bonds. The summed E-state index contributed by atoms with van der Waals surface area (Å²) in [7, 11) is 2.03. The van der Waals surface area contributed by atoms with Crippen molar-refractivity contribution < 1.29 is 14.7 Å². The minimum atomic E-state index is -1.06. The van der Waals surface area contributed by atoms with E-state index in [0.717, 1.165) is 6.54 Å². The van der Waals surface area contributed by atoms with E-state index in [9.17, 15) is 9.59 Å². The van der Waals surface area contributed by atoms with Crippen LogP contribution >= 0.6 is 0 Å². The van der Waals surface area contributed by atoms with Crippen LogP contribution in [-0.4, -0.2) is 59.5 Å². The first kappa shape index (κ1) is 13.5. The van der Waals surface area contributed by atoms with Crippen molar-refractivity contribution in [3.8, 4) is 0 Å². The van der Waals surface area contributed by atoms with Gasteiger partial charge in [0, 0.05) is 25.7 Å². The summed E-state index contributed by atoms with van der Waals surface area (Å²) < 4.78 is 0. The largest absolute Gasteiger partial charge is 0.478 e. The Morgan fingerprint density at radius 1 is 1.21 bits per heavy atom. The third-order valence-corrected chi connectivity index (χ3v) is 3.63. The Labute approximate surface area is 112 Å². The van der Waals surface area contributed by atoms with E-state index in [0.29, 0.717) is 13.1 Å². The second-order valence-electron chi connectivity index (χ2n) is 4.93. The van der Waals surface area contributed by atoms with Crippen LogP contribution in [0.25, 0.3) is 0 Å². The number of carboxylic acids is 1. The van der Waals surface area contributed by atoms with Crippen molar-refractivity contribution >= 4 is 11.9 Å². The van der Waals surface area contributed by atoms with E-state index in [4.69, 9.17) is 5.11 Å². The molecule has 1 aliphatic rings. The molecule has 1 fully saturated rings. The number of piperazine rings is 1. The van der Waals surface area contributed by atoms with Gasteiger partial charge in [-0.2, -0.15) is 0 Å². The molecular weight excluding hydrogens is 244 g/mol. The lowest BCUT2D eigenvalue weighted by Crippen LogP contribution is -2.52. The minimum Gasteiger partial charge on any atom is -0.478 e. The summed E-state index contributed by atoms with van der Waals surface area (Å²) in [6.45, 7) is 4.13. The highest BCUT2D eigenvalue weighted by atomic mass is 16.4. The standard InChI is InChI=1S/C14H18N2O3/c1-10-9-16(8-7-15(10)2)13(17)11-5-3-4-6-12(11)14(18)19/h3-6,10H,7-9H2,1-2H3,(H,18,19). The van der Waals surface area contributed by atoms with Crippen LogP contribution in [-0.2, 0) is 0 Å².